The smallest absolute Gasteiger partial charge is 0.132 e. The average molecular weight is 139 g/mol. The minimum absolute atomic E-state index is 0.270. The molecule has 1 aliphatic heterocycles. The zero-order valence-electron chi connectivity index (χ0n) is 6.44. The summed E-state index contributed by atoms with van der Waals surface area (Å²) in [5, 5.41) is 15.0. The van der Waals surface area contributed by atoms with Crippen molar-refractivity contribution in [3.8, 4) is 6.07 Å². The molecule has 10 heavy (non-hydrogen) atoms. The molecule has 3 nitrogen and oxygen atoms in total. The van der Waals surface area contributed by atoms with Crippen molar-refractivity contribution in [1.29, 1.82) is 5.26 Å². The summed E-state index contributed by atoms with van der Waals surface area (Å²) in [6.07, 6.45) is 0. The fraction of sp³-hybridized carbons (Fsp3) is 0.857. The van der Waals surface area contributed by atoms with Gasteiger partial charge in [0, 0.05) is 19.1 Å². The van der Waals surface area contributed by atoms with Gasteiger partial charge in [0.1, 0.15) is 5.54 Å². The SMILES string of the molecule is CC(C)NC1(C#N)CNC1. The molecule has 1 fully saturated rings. The lowest BCUT2D eigenvalue weighted by Gasteiger charge is -2.38. The van der Waals surface area contributed by atoms with Gasteiger partial charge in [-0.3, -0.25) is 5.32 Å². The number of hydrogen-bond donors (Lipinski definition) is 2. The first kappa shape index (κ1) is 7.52. The van der Waals surface area contributed by atoms with E-state index in [-0.39, 0.29) is 5.54 Å². The standard InChI is InChI=1S/C7H13N3/c1-6(2)10-7(3-8)4-9-5-7/h6,9-10H,4-5H2,1-2H3. The number of rotatable bonds is 2. The summed E-state index contributed by atoms with van der Waals surface area (Å²) < 4.78 is 0. The van der Waals surface area contributed by atoms with Crippen LogP contribution in [-0.4, -0.2) is 24.7 Å². The van der Waals surface area contributed by atoms with Gasteiger partial charge >= 0.3 is 0 Å². The molecule has 0 aromatic carbocycles. The van der Waals surface area contributed by atoms with Crippen LogP contribution in [-0.2, 0) is 0 Å². The van der Waals surface area contributed by atoms with Gasteiger partial charge in [0.15, 0.2) is 0 Å². The van der Waals surface area contributed by atoms with Crippen molar-refractivity contribution in [3.05, 3.63) is 0 Å². The van der Waals surface area contributed by atoms with Crippen LogP contribution in [0.4, 0.5) is 0 Å². The Balaban J connectivity index is 2.43. The third-order valence-corrected chi connectivity index (χ3v) is 1.63. The number of nitriles is 1. The van der Waals surface area contributed by atoms with Crippen LogP contribution in [0.25, 0.3) is 0 Å². The van der Waals surface area contributed by atoms with Crippen molar-refractivity contribution in [1.82, 2.24) is 10.6 Å². The second-order valence-electron chi connectivity index (χ2n) is 3.10. The topological polar surface area (TPSA) is 47.9 Å². The molecule has 1 rings (SSSR count). The van der Waals surface area contributed by atoms with Gasteiger partial charge in [0.2, 0.25) is 0 Å². The minimum Gasteiger partial charge on any atom is -0.311 e. The molecule has 3 heteroatoms. The lowest BCUT2D eigenvalue weighted by Crippen LogP contribution is -2.68. The largest absolute Gasteiger partial charge is 0.311 e. The predicted molar refractivity (Wildman–Crippen MR) is 39.5 cm³/mol. The molecule has 0 amide bonds. The molecule has 0 aromatic heterocycles. The number of nitrogens with one attached hydrogen (secondary N) is 2. The first-order valence-corrected chi connectivity index (χ1v) is 3.58. The molecule has 0 saturated carbocycles. The summed E-state index contributed by atoms with van der Waals surface area (Å²) in [5.41, 5.74) is -0.270. The average Bonchev–Trinajstić information content (AvgIpc) is 1.78. The van der Waals surface area contributed by atoms with Gasteiger partial charge in [-0.15, -0.1) is 0 Å². The molecule has 1 saturated heterocycles. The van der Waals surface area contributed by atoms with E-state index in [2.05, 4.69) is 30.6 Å². The van der Waals surface area contributed by atoms with Gasteiger partial charge in [0.05, 0.1) is 6.07 Å². The quantitative estimate of drug-likeness (QED) is 0.559. The zero-order chi connectivity index (χ0) is 7.61. The molecule has 0 spiro atoms. The summed E-state index contributed by atoms with van der Waals surface area (Å²) in [7, 11) is 0. The second-order valence-corrected chi connectivity index (χ2v) is 3.10. The highest BCUT2D eigenvalue weighted by atomic mass is 15.2. The maximum atomic E-state index is 8.73. The van der Waals surface area contributed by atoms with E-state index in [1.807, 2.05) is 0 Å². The summed E-state index contributed by atoms with van der Waals surface area (Å²) in [6, 6.07) is 2.66. The highest BCUT2D eigenvalue weighted by Gasteiger charge is 2.36. The van der Waals surface area contributed by atoms with Crippen LogP contribution in [0.15, 0.2) is 0 Å². The fourth-order valence-electron chi connectivity index (χ4n) is 1.14. The molecule has 0 radical (unpaired) electrons. The zero-order valence-corrected chi connectivity index (χ0v) is 6.44. The Labute approximate surface area is 61.4 Å². The van der Waals surface area contributed by atoms with E-state index >= 15 is 0 Å². The van der Waals surface area contributed by atoms with Gasteiger partial charge in [-0.25, -0.2) is 0 Å². The van der Waals surface area contributed by atoms with Crippen LogP contribution >= 0.6 is 0 Å². The van der Waals surface area contributed by atoms with E-state index in [4.69, 9.17) is 5.26 Å². The molecule has 2 N–H and O–H groups in total. The van der Waals surface area contributed by atoms with Crippen LogP contribution in [0.3, 0.4) is 0 Å². The van der Waals surface area contributed by atoms with Gasteiger partial charge in [-0.05, 0) is 13.8 Å². The molecule has 0 atom stereocenters. The lowest BCUT2D eigenvalue weighted by atomic mass is 9.94. The van der Waals surface area contributed by atoms with Crippen molar-refractivity contribution < 1.29 is 0 Å². The molecule has 1 heterocycles. The third-order valence-electron chi connectivity index (χ3n) is 1.63. The molecular formula is C7H13N3. The van der Waals surface area contributed by atoms with E-state index in [1.54, 1.807) is 0 Å². The fourth-order valence-corrected chi connectivity index (χ4v) is 1.14. The Morgan fingerprint density at radius 1 is 1.60 bits per heavy atom. The van der Waals surface area contributed by atoms with Crippen LogP contribution in [0.1, 0.15) is 13.8 Å². The number of nitrogens with zero attached hydrogens (tertiary/aromatic N) is 1. The van der Waals surface area contributed by atoms with Gasteiger partial charge in [-0.2, -0.15) is 5.26 Å². The molecule has 0 unspecified atom stereocenters. The molecule has 56 valence electrons. The Hall–Kier alpha value is -0.590. The summed E-state index contributed by atoms with van der Waals surface area (Å²) in [4.78, 5) is 0. The summed E-state index contributed by atoms with van der Waals surface area (Å²) >= 11 is 0. The first-order chi connectivity index (χ1) is 4.68. The van der Waals surface area contributed by atoms with Crippen molar-refractivity contribution in [2.45, 2.75) is 25.4 Å². The van der Waals surface area contributed by atoms with Crippen LogP contribution in [0.2, 0.25) is 0 Å². The van der Waals surface area contributed by atoms with Crippen LogP contribution in [0.5, 0.6) is 0 Å². The van der Waals surface area contributed by atoms with Crippen molar-refractivity contribution in [2.75, 3.05) is 13.1 Å². The summed E-state index contributed by atoms with van der Waals surface area (Å²) in [6.45, 7) is 5.66. The van der Waals surface area contributed by atoms with E-state index < -0.39 is 0 Å². The Morgan fingerprint density at radius 2 is 2.20 bits per heavy atom. The molecule has 0 bridgehead atoms. The van der Waals surface area contributed by atoms with E-state index in [9.17, 15) is 0 Å². The lowest BCUT2D eigenvalue weighted by molar-refractivity contribution is 0.265. The van der Waals surface area contributed by atoms with Gasteiger partial charge < -0.3 is 5.32 Å². The Morgan fingerprint density at radius 3 is 2.30 bits per heavy atom. The Bertz CT molecular complexity index is 153. The Kier molecular flexibility index (Phi) is 1.93. The summed E-state index contributed by atoms with van der Waals surface area (Å²) in [5.74, 6) is 0. The maximum absolute atomic E-state index is 8.73. The van der Waals surface area contributed by atoms with E-state index in [1.165, 1.54) is 0 Å². The van der Waals surface area contributed by atoms with Crippen LogP contribution < -0.4 is 10.6 Å². The van der Waals surface area contributed by atoms with E-state index in [0.717, 1.165) is 13.1 Å². The first-order valence-electron chi connectivity index (χ1n) is 3.58. The highest BCUT2D eigenvalue weighted by molar-refractivity contribution is 5.16. The van der Waals surface area contributed by atoms with Gasteiger partial charge in [0.25, 0.3) is 0 Å². The monoisotopic (exact) mass is 139 g/mol. The van der Waals surface area contributed by atoms with Crippen molar-refractivity contribution in [2.24, 2.45) is 0 Å². The normalized spacial score (nSPS) is 21.8. The van der Waals surface area contributed by atoms with Crippen molar-refractivity contribution in [3.63, 3.8) is 0 Å². The minimum atomic E-state index is -0.270. The maximum Gasteiger partial charge on any atom is 0.132 e. The number of hydrogen-bond acceptors (Lipinski definition) is 3. The predicted octanol–water partition coefficient (Wildman–Crippen LogP) is -0.150. The van der Waals surface area contributed by atoms with Crippen LogP contribution in [0, 0.1) is 11.3 Å². The molecule has 0 aliphatic carbocycles. The highest BCUT2D eigenvalue weighted by Crippen LogP contribution is 2.09. The van der Waals surface area contributed by atoms with Crippen molar-refractivity contribution >= 4 is 0 Å². The molecule has 0 aromatic rings. The van der Waals surface area contributed by atoms with E-state index in [0.29, 0.717) is 6.04 Å². The second kappa shape index (κ2) is 2.57. The molecular weight excluding hydrogens is 126 g/mol. The van der Waals surface area contributed by atoms with Gasteiger partial charge in [-0.1, -0.05) is 0 Å². The molecule has 1 aliphatic rings. The third kappa shape index (κ3) is 1.28.